The van der Waals surface area contributed by atoms with E-state index in [-0.39, 0.29) is 0 Å². The third-order valence-corrected chi connectivity index (χ3v) is 3.06. The molecule has 0 unspecified atom stereocenters. The second-order valence-electron chi connectivity index (χ2n) is 3.96. The van der Waals surface area contributed by atoms with Gasteiger partial charge >= 0.3 is 0 Å². The summed E-state index contributed by atoms with van der Waals surface area (Å²) in [6.07, 6.45) is 0. The molecule has 2 aromatic rings. The van der Waals surface area contributed by atoms with Crippen LogP contribution >= 0.6 is 0 Å². The van der Waals surface area contributed by atoms with Gasteiger partial charge in [0, 0.05) is 26.8 Å². The summed E-state index contributed by atoms with van der Waals surface area (Å²) in [5.74, 6) is 0. The van der Waals surface area contributed by atoms with E-state index in [0.29, 0.717) is 0 Å². The molecule has 0 fully saturated rings. The second kappa shape index (κ2) is 4.53. The van der Waals surface area contributed by atoms with E-state index in [1.165, 1.54) is 10.8 Å². The fourth-order valence-corrected chi connectivity index (χ4v) is 2.12. The molecule has 0 aromatic heterocycles. The van der Waals surface area contributed by atoms with Gasteiger partial charge in [-0.2, -0.15) is 0 Å². The maximum absolute atomic E-state index is 4.16. The lowest BCUT2D eigenvalue weighted by molar-refractivity contribution is 1.44. The summed E-state index contributed by atoms with van der Waals surface area (Å²) >= 11 is 0. The van der Waals surface area contributed by atoms with Crippen LogP contribution in [0.3, 0.4) is 0 Å². The Labute approximate surface area is 102 Å². The average molecular weight is 228 g/mol. The Balaban J connectivity index is 2.75. The van der Waals surface area contributed by atoms with E-state index in [0.717, 1.165) is 22.6 Å². The van der Waals surface area contributed by atoms with Crippen LogP contribution in [0.15, 0.2) is 24.3 Å². The van der Waals surface area contributed by atoms with Crippen LogP contribution in [0.2, 0.25) is 0 Å². The summed E-state index contributed by atoms with van der Waals surface area (Å²) in [6.45, 7) is 4.16. The van der Waals surface area contributed by atoms with Gasteiger partial charge in [-0.3, -0.25) is 0 Å². The van der Waals surface area contributed by atoms with E-state index in [4.69, 9.17) is 0 Å². The Hall–Kier alpha value is -1.90. The van der Waals surface area contributed by atoms with E-state index in [1.54, 1.807) is 0 Å². The molecule has 0 spiro atoms. The van der Waals surface area contributed by atoms with E-state index >= 15 is 0 Å². The third-order valence-electron chi connectivity index (χ3n) is 3.06. The molecule has 0 bridgehead atoms. The second-order valence-corrected chi connectivity index (χ2v) is 3.96. The molecule has 0 amide bonds. The standard InChI is InChI=1S/C14H18N3/c1-9-12-6-5-11(15-2)7-10(12)8-13(16-3)14(9)17-4/h5-8,15-17H,1H2,2-4H3. The minimum Gasteiger partial charge on any atom is -0.388 e. The fourth-order valence-electron chi connectivity index (χ4n) is 2.12. The van der Waals surface area contributed by atoms with E-state index < -0.39 is 0 Å². The van der Waals surface area contributed by atoms with Crippen molar-refractivity contribution in [3.8, 4) is 0 Å². The molecule has 3 nitrogen and oxygen atoms in total. The molecule has 0 aliphatic carbocycles. The smallest absolute Gasteiger partial charge is 0.0612 e. The predicted octanol–water partition coefficient (Wildman–Crippen LogP) is 3.15. The molecule has 0 saturated carbocycles. The lowest BCUT2D eigenvalue weighted by atomic mass is 10.0. The van der Waals surface area contributed by atoms with Gasteiger partial charge in [0.1, 0.15) is 0 Å². The van der Waals surface area contributed by atoms with Gasteiger partial charge in [0.2, 0.25) is 0 Å². The van der Waals surface area contributed by atoms with Crippen molar-refractivity contribution in [2.24, 2.45) is 0 Å². The van der Waals surface area contributed by atoms with Crippen molar-refractivity contribution in [3.63, 3.8) is 0 Å². The first-order chi connectivity index (χ1) is 8.21. The van der Waals surface area contributed by atoms with Crippen LogP contribution in [-0.2, 0) is 0 Å². The third kappa shape index (κ3) is 1.88. The number of hydrogen-bond acceptors (Lipinski definition) is 3. The topological polar surface area (TPSA) is 36.1 Å². The summed E-state index contributed by atoms with van der Waals surface area (Å²) < 4.78 is 0. The van der Waals surface area contributed by atoms with Crippen LogP contribution in [0.25, 0.3) is 10.8 Å². The molecular weight excluding hydrogens is 210 g/mol. The number of anilines is 3. The molecule has 2 rings (SSSR count). The highest BCUT2D eigenvalue weighted by Crippen LogP contribution is 2.33. The fraction of sp³-hybridized carbons (Fsp3) is 0.214. The molecule has 3 N–H and O–H groups in total. The van der Waals surface area contributed by atoms with E-state index in [2.05, 4.69) is 47.1 Å². The maximum atomic E-state index is 4.16. The molecular formula is C14H18N3. The van der Waals surface area contributed by atoms with Gasteiger partial charge in [-0.05, 0) is 41.5 Å². The molecule has 1 radical (unpaired) electrons. The van der Waals surface area contributed by atoms with Crippen molar-refractivity contribution in [2.45, 2.75) is 0 Å². The first-order valence-electron chi connectivity index (χ1n) is 5.67. The Kier molecular flexibility index (Phi) is 3.09. The molecule has 89 valence electrons. The summed E-state index contributed by atoms with van der Waals surface area (Å²) in [6, 6.07) is 8.43. The Bertz CT molecular complexity index is 547. The highest BCUT2D eigenvalue weighted by atomic mass is 14.9. The first-order valence-corrected chi connectivity index (χ1v) is 5.67. The van der Waals surface area contributed by atoms with Crippen molar-refractivity contribution in [1.29, 1.82) is 0 Å². The van der Waals surface area contributed by atoms with Crippen LogP contribution in [0.5, 0.6) is 0 Å². The average Bonchev–Trinajstić information content (AvgIpc) is 2.37. The molecule has 0 saturated heterocycles. The van der Waals surface area contributed by atoms with Gasteiger partial charge in [-0.15, -0.1) is 0 Å². The molecule has 2 aromatic carbocycles. The largest absolute Gasteiger partial charge is 0.388 e. The van der Waals surface area contributed by atoms with Gasteiger partial charge in [-0.1, -0.05) is 6.07 Å². The van der Waals surface area contributed by atoms with Gasteiger partial charge in [0.25, 0.3) is 0 Å². The molecule has 3 heteroatoms. The summed E-state index contributed by atoms with van der Waals surface area (Å²) in [7, 11) is 5.76. The van der Waals surface area contributed by atoms with Crippen LogP contribution in [0.1, 0.15) is 5.56 Å². The number of rotatable bonds is 3. The number of hydrogen-bond donors (Lipinski definition) is 3. The van der Waals surface area contributed by atoms with Crippen molar-refractivity contribution in [1.82, 2.24) is 0 Å². The summed E-state index contributed by atoms with van der Waals surface area (Å²) in [4.78, 5) is 0. The Morgan fingerprint density at radius 1 is 0.941 bits per heavy atom. The van der Waals surface area contributed by atoms with Crippen molar-refractivity contribution >= 4 is 27.8 Å². The number of benzene rings is 2. The van der Waals surface area contributed by atoms with E-state index in [9.17, 15) is 0 Å². The number of nitrogens with one attached hydrogen (secondary N) is 3. The zero-order chi connectivity index (χ0) is 12.4. The van der Waals surface area contributed by atoms with Gasteiger partial charge in [-0.25, -0.2) is 0 Å². The van der Waals surface area contributed by atoms with Crippen LogP contribution in [0, 0.1) is 6.92 Å². The van der Waals surface area contributed by atoms with Crippen molar-refractivity contribution in [2.75, 3.05) is 37.1 Å². The summed E-state index contributed by atoms with van der Waals surface area (Å²) in [5.41, 5.74) is 4.25. The SMILES string of the molecule is [CH2]c1c(NC)c(NC)cc2cc(NC)ccc12. The van der Waals surface area contributed by atoms with Crippen molar-refractivity contribution in [3.05, 3.63) is 36.8 Å². The van der Waals surface area contributed by atoms with Crippen LogP contribution in [-0.4, -0.2) is 21.1 Å². The van der Waals surface area contributed by atoms with E-state index in [1.807, 2.05) is 21.1 Å². The minimum absolute atomic E-state index is 1.03. The molecule has 0 atom stereocenters. The minimum atomic E-state index is 1.03. The monoisotopic (exact) mass is 228 g/mol. The quantitative estimate of drug-likeness (QED) is 0.755. The first kappa shape index (κ1) is 11.6. The Morgan fingerprint density at radius 2 is 1.71 bits per heavy atom. The van der Waals surface area contributed by atoms with Crippen molar-refractivity contribution < 1.29 is 0 Å². The molecule has 0 aliphatic rings. The zero-order valence-electron chi connectivity index (χ0n) is 10.5. The van der Waals surface area contributed by atoms with Gasteiger partial charge in [0.05, 0.1) is 11.4 Å². The molecule has 0 aliphatic heterocycles. The normalized spacial score (nSPS) is 10.4. The maximum Gasteiger partial charge on any atom is 0.0612 e. The highest BCUT2D eigenvalue weighted by molar-refractivity contribution is 5.98. The zero-order valence-corrected chi connectivity index (χ0v) is 10.5. The lowest BCUT2D eigenvalue weighted by Crippen LogP contribution is -2.00. The number of fused-ring (bicyclic) bond motifs is 1. The lowest BCUT2D eigenvalue weighted by Gasteiger charge is -2.15. The highest BCUT2D eigenvalue weighted by Gasteiger charge is 2.08. The summed E-state index contributed by atoms with van der Waals surface area (Å²) in [5, 5.41) is 11.9. The van der Waals surface area contributed by atoms with Gasteiger partial charge < -0.3 is 16.0 Å². The van der Waals surface area contributed by atoms with Crippen LogP contribution < -0.4 is 16.0 Å². The predicted molar refractivity (Wildman–Crippen MR) is 77.0 cm³/mol. The molecule has 0 heterocycles. The Morgan fingerprint density at radius 3 is 2.29 bits per heavy atom. The molecule has 17 heavy (non-hydrogen) atoms. The van der Waals surface area contributed by atoms with Crippen LogP contribution in [0.4, 0.5) is 17.1 Å². The van der Waals surface area contributed by atoms with Gasteiger partial charge in [0.15, 0.2) is 0 Å².